The molecule has 0 heterocycles. The van der Waals surface area contributed by atoms with Gasteiger partial charge in [-0.3, -0.25) is 4.90 Å². The van der Waals surface area contributed by atoms with E-state index in [-0.39, 0.29) is 18.7 Å². The second-order valence-corrected chi connectivity index (χ2v) is 3.57. The molecule has 0 aromatic heterocycles. The van der Waals surface area contributed by atoms with E-state index < -0.39 is 11.8 Å². The Labute approximate surface area is 92.9 Å². The number of aliphatic hydroxyl groups is 1. The van der Waals surface area contributed by atoms with Gasteiger partial charge in [0.05, 0.1) is 12.2 Å². The molecule has 1 aromatic rings. The zero-order valence-corrected chi connectivity index (χ0v) is 8.98. The van der Waals surface area contributed by atoms with Gasteiger partial charge < -0.3 is 10.2 Å². The molecule has 4 nitrogen and oxygen atoms in total. The van der Waals surface area contributed by atoms with Gasteiger partial charge in [-0.15, -0.1) is 0 Å². The first kappa shape index (κ1) is 12.6. The normalized spacial score (nSPS) is 10.8. The average Bonchev–Trinajstić information content (AvgIpc) is 2.21. The summed E-state index contributed by atoms with van der Waals surface area (Å²) in [6, 6.07) is 3.68. The summed E-state index contributed by atoms with van der Waals surface area (Å²) >= 11 is 0. The lowest BCUT2D eigenvalue weighted by Gasteiger charge is -2.15. The number of hydrogen-bond acceptors (Lipinski definition) is 3. The number of carbonyl (C=O) groups is 1. The number of rotatable bonds is 5. The molecule has 0 aliphatic rings. The number of aliphatic hydroxyl groups excluding tert-OH is 1. The highest BCUT2D eigenvalue weighted by Gasteiger charge is 2.09. The Bertz CT molecular complexity index is 381. The van der Waals surface area contributed by atoms with Crippen LogP contribution in [0.3, 0.4) is 0 Å². The van der Waals surface area contributed by atoms with Crippen molar-refractivity contribution in [3.05, 3.63) is 35.1 Å². The topological polar surface area (TPSA) is 60.8 Å². The van der Waals surface area contributed by atoms with Crippen molar-refractivity contribution in [1.29, 1.82) is 0 Å². The maximum atomic E-state index is 13.4. The molecule has 0 bridgehead atoms. The minimum Gasteiger partial charge on any atom is -0.478 e. The van der Waals surface area contributed by atoms with E-state index >= 15 is 0 Å². The predicted molar refractivity (Wildman–Crippen MR) is 56.8 cm³/mol. The predicted octanol–water partition coefficient (Wildman–Crippen LogP) is 0.948. The summed E-state index contributed by atoms with van der Waals surface area (Å²) in [5, 5.41) is 17.5. The van der Waals surface area contributed by atoms with Crippen LogP contribution in [0.25, 0.3) is 0 Å². The van der Waals surface area contributed by atoms with Gasteiger partial charge in [-0.25, -0.2) is 9.18 Å². The molecule has 0 radical (unpaired) electrons. The van der Waals surface area contributed by atoms with Crippen LogP contribution < -0.4 is 0 Å². The highest BCUT2D eigenvalue weighted by atomic mass is 19.1. The average molecular weight is 227 g/mol. The maximum absolute atomic E-state index is 13.4. The molecule has 1 aromatic carbocycles. The largest absolute Gasteiger partial charge is 0.478 e. The molecule has 0 aliphatic carbocycles. The fourth-order valence-corrected chi connectivity index (χ4v) is 1.37. The van der Waals surface area contributed by atoms with Gasteiger partial charge in [-0.1, -0.05) is 0 Å². The van der Waals surface area contributed by atoms with Crippen LogP contribution in [-0.2, 0) is 6.54 Å². The van der Waals surface area contributed by atoms with E-state index in [2.05, 4.69) is 0 Å². The zero-order chi connectivity index (χ0) is 12.1. The van der Waals surface area contributed by atoms with Crippen molar-refractivity contribution < 1.29 is 19.4 Å². The fraction of sp³-hybridized carbons (Fsp3) is 0.364. The third-order valence-corrected chi connectivity index (χ3v) is 2.21. The first-order valence-corrected chi connectivity index (χ1v) is 4.85. The Morgan fingerprint density at radius 2 is 2.19 bits per heavy atom. The van der Waals surface area contributed by atoms with Gasteiger partial charge in [-0.05, 0) is 25.2 Å². The number of nitrogens with zero attached hydrogens (tertiary/aromatic N) is 1. The van der Waals surface area contributed by atoms with Crippen LogP contribution in [0.5, 0.6) is 0 Å². The second kappa shape index (κ2) is 5.58. The number of carboxylic acids is 1. The highest BCUT2D eigenvalue weighted by Crippen LogP contribution is 2.12. The van der Waals surface area contributed by atoms with Crippen LogP contribution in [0.4, 0.5) is 4.39 Å². The molecule has 0 unspecified atom stereocenters. The molecule has 0 amide bonds. The molecule has 0 fully saturated rings. The second-order valence-electron chi connectivity index (χ2n) is 3.57. The molecule has 88 valence electrons. The number of halogens is 1. The number of benzene rings is 1. The summed E-state index contributed by atoms with van der Waals surface area (Å²) in [5.74, 6) is -1.51. The van der Waals surface area contributed by atoms with Gasteiger partial charge in [0.1, 0.15) is 5.82 Å². The van der Waals surface area contributed by atoms with Crippen molar-refractivity contribution >= 4 is 5.97 Å². The van der Waals surface area contributed by atoms with Gasteiger partial charge in [0.15, 0.2) is 0 Å². The van der Waals surface area contributed by atoms with Gasteiger partial charge in [0.2, 0.25) is 0 Å². The maximum Gasteiger partial charge on any atom is 0.335 e. The van der Waals surface area contributed by atoms with Crippen LogP contribution in [0, 0.1) is 5.82 Å². The Hall–Kier alpha value is -1.46. The zero-order valence-electron chi connectivity index (χ0n) is 8.98. The minimum atomic E-state index is -1.08. The molecular formula is C11H14FNO3. The third-order valence-electron chi connectivity index (χ3n) is 2.21. The molecule has 16 heavy (non-hydrogen) atoms. The summed E-state index contributed by atoms with van der Waals surface area (Å²) in [6.07, 6.45) is 0. The SMILES string of the molecule is CN(CCO)Cc1cc(C(=O)O)ccc1F. The summed E-state index contributed by atoms with van der Waals surface area (Å²) in [4.78, 5) is 12.4. The van der Waals surface area contributed by atoms with Crippen molar-refractivity contribution in [2.45, 2.75) is 6.54 Å². The van der Waals surface area contributed by atoms with Crippen LogP contribution in [0.1, 0.15) is 15.9 Å². The lowest BCUT2D eigenvalue weighted by molar-refractivity contribution is 0.0696. The molecule has 0 saturated heterocycles. The van der Waals surface area contributed by atoms with Gasteiger partial charge in [0, 0.05) is 18.7 Å². The summed E-state index contributed by atoms with van der Waals surface area (Å²) in [5.41, 5.74) is 0.379. The number of hydrogen-bond donors (Lipinski definition) is 2. The van der Waals surface area contributed by atoms with E-state index in [4.69, 9.17) is 10.2 Å². The molecule has 2 N–H and O–H groups in total. The van der Waals surface area contributed by atoms with Gasteiger partial charge >= 0.3 is 5.97 Å². The van der Waals surface area contributed by atoms with E-state index in [1.165, 1.54) is 12.1 Å². The molecular weight excluding hydrogens is 213 g/mol. The quantitative estimate of drug-likeness (QED) is 0.786. The van der Waals surface area contributed by atoms with Crippen LogP contribution in [0.2, 0.25) is 0 Å². The molecule has 0 atom stereocenters. The summed E-state index contributed by atoms with van der Waals surface area (Å²) in [6.45, 7) is 0.668. The lowest BCUT2D eigenvalue weighted by Crippen LogP contribution is -2.22. The van der Waals surface area contributed by atoms with Crippen molar-refractivity contribution in [3.8, 4) is 0 Å². The molecule has 0 spiro atoms. The van der Waals surface area contributed by atoms with Crippen molar-refractivity contribution in [3.63, 3.8) is 0 Å². The monoisotopic (exact) mass is 227 g/mol. The Morgan fingerprint density at radius 1 is 1.50 bits per heavy atom. The summed E-state index contributed by atoms with van der Waals surface area (Å²) in [7, 11) is 1.73. The lowest BCUT2D eigenvalue weighted by atomic mass is 10.1. The van der Waals surface area contributed by atoms with Crippen LogP contribution in [-0.4, -0.2) is 41.3 Å². The van der Waals surface area contributed by atoms with Crippen molar-refractivity contribution in [1.82, 2.24) is 4.90 Å². The third kappa shape index (κ3) is 3.29. The Kier molecular flexibility index (Phi) is 4.39. The van der Waals surface area contributed by atoms with E-state index in [1.807, 2.05) is 0 Å². The molecule has 0 saturated carbocycles. The Balaban J connectivity index is 2.85. The summed E-state index contributed by atoms with van der Waals surface area (Å²) < 4.78 is 13.4. The van der Waals surface area contributed by atoms with E-state index in [0.29, 0.717) is 12.1 Å². The van der Waals surface area contributed by atoms with E-state index in [9.17, 15) is 9.18 Å². The van der Waals surface area contributed by atoms with Crippen molar-refractivity contribution in [2.75, 3.05) is 20.2 Å². The van der Waals surface area contributed by atoms with E-state index in [1.54, 1.807) is 11.9 Å². The standard InChI is InChI=1S/C11H14FNO3/c1-13(4-5-14)7-9-6-8(11(15)16)2-3-10(9)12/h2-3,6,14H,4-5,7H2,1H3,(H,15,16). The number of carboxylic acid groups (broad SMARTS) is 1. The molecule has 5 heteroatoms. The Morgan fingerprint density at radius 3 is 2.75 bits per heavy atom. The smallest absolute Gasteiger partial charge is 0.335 e. The van der Waals surface area contributed by atoms with Gasteiger partial charge in [-0.2, -0.15) is 0 Å². The highest BCUT2D eigenvalue weighted by molar-refractivity contribution is 5.87. The number of likely N-dealkylation sites (N-methyl/N-ethyl adjacent to an activating group) is 1. The van der Waals surface area contributed by atoms with Crippen molar-refractivity contribution in [2.24, 2.45) is 0 Å². The first-order valence-electron chi connectivity index (χ1n) is 4.85. The van der Waals surface area contributed by atoms with Crippen LogP contribution >= 0.6 is 0 Å². The van der Waals surface area contributed by atoms with E-state index in [0.717, 1.165) is 6.07 Å². The van der Waals surface area contributed by atoms with Gasteiger partial charge in [0.25, 0.3) is 0 Å². The van der Waals surface area contributed by atoms with Crippen LogP contribution in [0.15, 0.2) is 18.2 Å². The molecule has 0 aliphatic heterocycles. The minimum absolute atomic E-state index is 0.0171. The first-order chi connectivity index (χ1) is 7.54. The fourth-order valence-electron chi connectivity index (χ4n) is 1.37. The number of aromatic carboxylic acids is 1. The molecule has 1 rings (SSSR count).